The number of benzene rings is 2. The Labute approximate surface area is 157 Å². The summed E-state index contributed by atoms with van der Waals surface area (Å²) in [5.41, 5.74) is 7.20. The Balaban J connectivity index is 2.31. The van der Waals surface area contributed by atoms with E-state index in [0.29, 0.717) is 0 Å². The quantitative estimate of drug-likeness (QED) is 0.494. The maximum absolute atomic E-state index is 6.11. The van der Waals surface area contributed by atoms with Crippen molar-refractivity contribution >= 4 is 10.8 Å². The molecule has 0 aliphatic carbocycles. The Kier molecular flexibility index (Phi) is 5.73. The summed E-state index contributed by atoms with van der Waals surface area (Å²) < 4.78 is 6.11. The predicted molar refractivity (Wildman–Crippen MR) is 111 cm³/mol. The van der Waals surface area contributed by atoms with E-state index in [-0.39, 0.29) is 6.10 Å². The van der Waals surface area contributed by atoms with E-state index in [1.807, 2.05) is 0 Å². The number of nitrogens with zero attached hydrogens (tertiary/aromatic N) is 1. The van der Waals surface area contributed by atoms with Gasteiger partial charge in [-0.05, 0) is 50.6 Å². The van der Waals surface area contributed by atoms with E-state index < -0.39 is 0 Å². The van der Waals surface area contributed by atoms with Crippen LogP contribution in [0.15, 0.2) is 42.5 Å². The molecule has 0 saturated carbocycles. The number of hydrogen-bond acceptors (Lipinski definition) is 2. The van der Waals surface area contributed by atoms with Gasteiger partial charge in [0.25, 0.3) is 0 Å². The van der Waals surface area contributed by atoms with E-state index in [0.717, 1.165) is 30.8 Å². The average Bonchev–Trinajstić information content (AvgIpc) is 2.61. The molecule has 3 rings (SSSR count). The molecule has 1 aromatic heterocycles. The summed E-state index contributed by atoms with van der Waals surface area (Å²) >= 11 is 0. The second-order valence-corrected chi connectivity index (χ2v) is 7.00. The van der Waals surface area contributed by atoms with Gasteiger partial charge in [0.2, 0.25) is 0 Å². The van der Waals surface area contributed by atoms with E-state index in [9.17, 15) is 0 Å². The number of rotatable bonds is 6. The third-order valence-electron chi connectivity index (χ3n) is 5.10. The first-order valence-electron chi connectivity index (χ1n) is 9.65. The average molecular weight is 348 g/mol. The van der Waals surface area contributed by atoms with E-state index >= 15 is 0 Å². The Morgan fingerprint density at radius 1 is 0.885 bits per heavy atom. The number of pyridine rings is 1. The van der Waals surface area contributed by atoms with E-state index in [1.54, 1.807) is 0 Å². The number of fused-ring (bicyclic) bond motifs is 1. The van der Waals surface area contributed by atoms with E-state index in [2.05, 4.69) is 77.1 Å². The van der Waals surface area contributed by atoms with Crippen LogP contribution in [-0.4, -0.2) is 11.6 Å². The molecule has 0 bridgehead atoms. The van der Waals surface area contributed by atoms with Gasteiger partial charge in [-0.15, -0.1) is 0 Å². The lowest BCUT2D eigenvalue weighted by Crippen LogP contribution is -2.09. The van der Waals surface area contributed by atoms with Crippen molar-refractivity contribution in [2.75, 3.05) is 6.61 Å². The zero-order chi connectivity index (χ0) is 18.7. The fourth-order valence-electron chi connectivity index (χ4n) is 3.97. The van der Waals surface area contributed by atoms with Gasteiger partial charge in [-0.2, -0.15) is 0 Å². The summed E-state index contributed by atoms with van der Waals surface area (Å²) in [6.45, 7) is 11.5. The van der Waals surface area contributed by atoms with Gasteiger partial charge in [0.15, 0.2) is 0 Å². The van der Waals surface area contributed by atoms with Crippen molar-refractivity contribution in [2.24, 2.45) is 0 Å². The van der Waals surface area contributed by atoms with Crippen LogP contribution in [0.2, 0.25) is 0 Å². The zero-order valence-corrected chi connectivity index (χ0v) is 16.6. The highest BCUT2D eigenvalue weighted by Crippen LogP contribution is 2.38. The lowest BCUT2D eigenvalue weighted by atomic mass is 9.91. The van der Waals surface area contributed by atoms with Crippen LogP contribution in [0.4, 0.5) is 0 Å². The Morgan fingerprint density at radius 2 is 1.54 bits per heavy atom. The second kappa shape index (κ2) is 8.01. The van der Waals surface area contributed by atoms with Crippen LogP contribution in [-0.2, 0) is 4.74 Å². The Bertz CT molecular complexity index is 887. The highest BCUT2D eigenvalue weighted by Gasteiger charge is 2.21. The van der Waals surface area contributed by atoms with Gasteiger partial charge in [0.05, 0.1) is 11.8 Å². The monoisotopic (exact) mass is 347 g/mol. The normalized spacial score (nSPS) is 12.5. The van der Waals surface area contributed by atoms with E-state index in [1.165, 1.54) is 33.0 Å². The number of aryl methyl sites for hydroxylation is 3. The maximum atomic E-state index is 6.11. The minimum Gasteiger partial charge on any atom is -0.374 e. The van der Waals surface area contributed by atoms with Gasteiger partial charge >= 0.3 is 0 Å². The molecule has 1 atom stereocenters. The second-order valence-electron chi connectivity index (χ2n) is 7.00. The minimum atomic E-state index is 0.106. The molecule has 2 heteroatoms. The van der Waals surface area contributed by atoms with E-state index in [4.69, 9.17) is 9.72 Å². The molecule has 2 aromatic carbocycles. The van der Waals surface area contributed by atoms with Crippen molar-refractivity contribution in [1.29, 1.82) is 0 Å². The highest BCUT2D eigenvalue weighted by molar-refractivity contribution is 5.98. The van der Waals surface area contributed by atoms with Crippen LogP contribution in [0.3, 0.4) is 0 Å². The van der Waals surface area contributed by atoms with Crippen molar-refractivity contribution < 1.29 is 4.74 Å². The third-order valence-corrected chi connectivity index (χ3v) is 5.10. The molecule has 136 valence electrons. The minimum absolute atomic E-state index is 0.106. The van der Waals surface area contributed by atoms with Crippen LogP contribution >= 0.6 is 0 Å². The molecule has 0 spiro atoms. The van der Waals surface area contributed by atoms with Gasteiger partial charge in [-0.1, -0.05) is 55.8 Å². The standard InChI is InChI=1S/C24H29NO/c1-6-11-21(26-7-2)23-18(5)25-24(20-15-9-8-14-19(20)23)22-16(3)12-10-13-17(22)4/h8-10,12-15,21H,6-7,11H2,1-5H3. The molecule has 0 saturated heterocycles. The lowest BCUT2D eigenvalue weighted by Gasteiger charge is -2.23. The maximum Gasteiger partial charge on any atom is 0.0848 e. The first-order valence-corrected chi connectivity index (χ1v) is 9.65. The largest absolute Gasteiger partial charge is 0.374 e. The molecule has 26 heavy (non-hydrogen) atoms. The van der Waals surface area contributed by atoms with Crippen molar-refractivity contribution in [3.05, 3.63) is 64.8 Å². The molecule has 3 aromatic rings. The SMILES string of the molecule is CCCC(OCC)c1c(C)nc(-c2c(C)cccc2C)c2ccccc12. The Hall–Kier alpha value is -2.19. The van der Waals surface area contributed by atoms with Crippen LogP contribution in [0.1, 0.15) is 55.2 Å². The van der Waals surface area contributed by atoms with Crippen molar-refractivity contribution in [2.45, 2.75) is 53.6 Å². The van der Waals surface area contributed by atoms with Crippen LogP contribution < -0.4 is 0 Å². The van der Waals surface area contributed by atoms with Gasteiger partial charge in [-0.25, -0.2) is 0 Å². The smallest absolute Gasteiger partial charge is 0.0848 e. The molecule has 0 amide bonds. The molecule has 1 unspecified atom stereocenters. The summed E-state index contributed by atoms with van der Waals surface area (Å²) in [5, 5.41) is 2.48. The van der Waals surface area contributed by atoms with Crippen molar-refractivity contribution in [3.63, 3.8) is 0 Å². The summed E-state index contributed by atoms with van der Waals surface area (Å²) in [7, 11) is 0. The predicted octanol–water partition coefficient (Wildman–Crippen LogP) is 6.70. The lowest BCUT2D eigenvalue weighted by molar-refractivity contribution is 0.0560. The van der Waals surface area contributed by atoms with Crippen molar-refractivity contribution in [1.82, 2.24) is 4.98 Å². The molecule has 0 fully saturated rings. The first-order chi connectivity index (χ1) is 12.6. The van der Waals surface area contributed by atoms with Gasteiger partial charge < -0.3 is 4.74 Å². The van der Waals surface area contributed by atoms with Crippen LogP contribution in [0, 0.1) is 20.8 Å². The Morgan fingerprint density at radius 3 is 2.15 bits per heavy atom. The summed E-state index contributed by atoms with van der Waals surface area (Å²) in [4.78, 5) is 5.10. The zero-order valence-electron chi connectivity index (χ0n) is 16.6. The molecular weight excluding hydrogens is 318 g/mol. The summed E-state index contributed by atoms with van der Waals surface area (Å²) in [6.07, 6.45) is 2.22. The van der Waals surface area contributed by atoms with Crippen molar-refractivity contribution in [3.8, 4) is 11.3 Å². The third kappa shape index (κ3) is 3.39. The molecule has 2 nitrogen and oxygen atoms in total. The van der Waals surface area contributed by atoms with Crippen LogP contribution in [0.25, 0.3) is 22.0 Å². The molecular formula is C24H29NO. The molecule has 1 heterocycles. The summed E-state index contributed by atoms with van der Waals surface area (Å²) in [5.74, 6) is 0. The fourth-order valence-corrected chi connectivity index (χ4v) is 3.97. The molecule has 0 aliphatic rings. The molecule has 0 aliphatic heterocycles. The van der Waals surface area contributed by atoms with Gasteiger partial charge in [0, 0.05) is 28.8 Å². The van der Waals surface area contributed by atoms with Gasteiger partial charge in [-0.3, -0.25) is 4.98 Å². The molecule has 0 radical (unpaired) electrons. The number of hydrogen-bond donors (Lipinski definition) is 0. The highest BCUT2D eigenvalue weighted by atomic mass is 16.5. The van der Waals surface area contributed by atoms with Crippen LogP contribution in [0.5, 0.6) is 0 Å². The first kappa shape index (κ1) is 18.6. The topological polar surface area (TPSA) is 22.1 Å². The molecule has 0 N–H and O–H groups in total. The number of ether oxygens (including phenoxy) is 1. The fraction of sp³-hybridized carbons (Fsp3) is 0.375. The number of aromatic nitrogens is 1. The van der Waals surface area contributed by atoms with Gasteiger partial charge in [0.1, 0.15) is 0 Å². The summed E-state index contributed by atoms with van der Waals surface area (Å²) in [6, 6.07) is 15.1.